The highest BCUT2D eigenvalue weighted by molar-refractivity contribution is 7.47. The van der Waals surface area contributed by atoms with Gasteiger partial charge in [-0.2, -0.15) is 0 Å². The Labute approximate surface area is 588 Å². The van der Waals surface area contributed by atoms with E-state index in [-0.39, 0.29) is 25.7 Å². The van der Waals surface area contributed by atoms with Crippen molar-refractivity contribution < 1.29 is 80.2 Å². The van der Waals surface area contributed by atoms with Crippen molar-refractivity contribution in [1.29, 1.82) is 0 Å². The van der Waals surface area contributed by atoms with Gasteiger partial charge < -0.3 is 33.8 Å². The molecule has 0 saturated carbocycles. The molecule has 19 heteroatoms. The van der Waals surface area contributed by atoms with E-state index < -0.39 is 97.5 Å². The van der Waals surface area contributed by atoms with Gasteiger partial charge in [-0.05, 0) is 31.6 Å². The maximum atomic E-state index is 13.1. The lowest BCUT2D eigenvalue weighted by molar-refractivity contribution is -0.161. The second-order valence-electron chi connectivity index (χ2n) is 28.2. The maximum Gasteiger partial charge on any atom is 0.472 e. The standard InChI is InChI=1S/C77H150O17P2/c1-6-9-12-15-18-21-24-26-32-37-41-46-51-56-61-75(80)88-67-73(94-77(82)63-58-53-48-43-38-33-30-28-27-29-31-35-39-44-49-54-59-70(4)5)69-92-96(85,86)90-65-71(78)64-89-95(83,84)91-68-72(66-87-74(79)60-55-50-45-40-34-23-20-17-14-11-8-3)93-76(81)62-57-52-47-42-36-25-22-19-16-13-10-7-2/h70-73,78H,6-69H2,1-5H3,(H,83,84)(H,85,86)/t71-,72+,73+/m0/s1. The Bertz CT molecular complexity index is 1840. The normalized spacial score (nSPS) is 13.9. The average molecular weight is 1410 g/mol. The van der Waals surface area contributed by atoms with Gasteiger partial charge in [-0.3, -0.25) is 37.3 Å². The minimum Gasteiger partial charge on any atom is -0.462 e. The van der Waals surface area contributed by atoms with Crippen molar-refractivity contribution in [2.24, 2.45) is 5.92 Å². The first kappa shape index (κ1) is 94.1. The van der Waals surface area contributed by atoms with Gasteiger partial charge in [0.05, 0.1) is 26.4 Å². The van der Waals surface area contributed by atoms with E-state index in [4.69, 9.17) is 37.0 Å². The van der Waals surface area contributed by atoms with Crippen LogP contribution in [-0.4, -0.2) is 96.7 Å². The predicted octanol–water partition coefficient (Wildman–Crippen LogP) is 22.9. The molecule has 3 N–H and O–H groups in total. The fourth-order valence-corrected chi connectivity index (χ4v) is 13.5. The molecule has 0 saturated heterocycles. The van der Waals surface area contributed by atoms with Crippen LogP contribution in [0, 0.1) is 5.92 Å². The molecule has 0 aliphatic heterocycles. The van der Waals surface area contributed by atoms with Gasteiger partial charge in [0.25, 0.3) is 0 Å². The van der Waals surface area contributed by atoms with Crippen molar-refractivity contribution in [3.63, 3.8) is 0 Å². The number of hydrogen-bond acceptors (Lipinski definition) is 15. The number of esters is 4. The van der Waals surface area contributed by atoms with Crippen molar-refractivity contribution in [2.45, 2.75) is 425 Å². The minimum atomic E-state index is -4.96. The quantitative estimate of drug-likeness (QED) is 0.0222. The minimum absolute atomic E-state index is 0.108. The zero-order chi connectivity index (χ0) is 70.5. The SMILES string of the molecule is CCCCCCCCCCCCCCCCC(=O)OC[C@H](COP(=O)(O)OC[C@@H](O)COP(=O)(O)OC[C@@H](COC(=O)CCCCCCCCCCCCC)OC(=O)CCCCCCCCCCCCCC)OC(=O)CCCCCCCCCCCCCCCCCCC(C)C. The zero-order valence-electron chi connectivity index (χ0n) is 62.5. The number of hydrogen-bond donors (Lipinski definition) is 3. The molecule has 0 radical (unpaired) electrons. The molecular formula is C77H150O17P2. The molecule has 5 atom stereocenters. The number of aliphatic hydroxyl groups is 1. The van der Waals surface area contributed by atoms with Gasteiger partial charge >= 0.3 is 39.5 Å². The van der Waals surface area contributed by atoms with Crippen LogP contribution < -0.4 is 0 Å². The summed E-state index contributed by atoms with van der Waals surface area (Å²) in [5.41, 5.74) is 0. The molecule has 0 bridgehead atoms. The van der Waals surface area contributed by atoms with Gasteiger partial charge in [0.15, 0.2) is 12.2 Å². The van der Waals surface area contributed by atoms with Crippen molar-refractivity contribution in [2.75, 3.05) is 39.6 Å². The molecule has 0 aliphatic carbocycles. The number of phosphoric acid groups is 2. The molecule has 0 amide bonds. The molecular weight excluding hydrogens is 1260 g/mol. The van der Waals surface area contributed by atoms with E-state index in [0.29, 0.717) is 25.7 Å². The van der Waals surface area contributed by atoms with Crippen LogP contribution in [0.4, 0.5) is 0 Å². The smallest absolute Gasteiger partial charge is 0.462 e. The van der Waals surface area contributed by atoms with Crippen molar-refractivity contribution in [3.05, 3.63) is 0 Å². The summed E-state index contributed by atoms with van der Waals surface area (Å²) in [5, 5.41) is 10.6. The summed E-state index contributed by atoms with van der Waals surface area (Å²) in [5.74, 6) is -1.30. The van der Waals surface area contributed by atoms with E-state index in [0.717, 1.165) is 95.8 Å². The van der Waals surface area contributed by atoms with Crippen LogP contribution in [0.15, 0.2) is 0 Å². The van der Waals surface area contributed by atoms with Crippen LogP contribution in [0.3, 0.4) is 0 Å². The van der Waals surface area contributed by atoms with E-state index in [1.165, 1.54) is 231 Å². The van der Waals surface area contributed by atoms with Crippen LogP contribution in [0.25, 0.3) is 0 Å². The van der Waals surface area contributed by atoms with Gasteiger partial charge in [0.1, 0.15) is 19.3 Å². The lowest BCUT2D eigenvalue weighted by atomic mass is 10.0. The number of rotatable bonds is 77. The summed E-state index contributed by atoms with van der Waals surface area (Å²) in [6.07, 6.45) is 59.5. The highest BCUT2D eigenvalue weighted by Gasteiger charge is 2.30. The average Bonchev–Trinajstić information content (AvgIpc) is 1.92. The Morgan fingerprint density at radius 1 is 0.281 bits per heavy atom. The maximum absolute atomic E-state index is 13.1. The van der Waals surface area contributed by atoms with Crippen LogP contribution in [0.5, 0.6) is 0 Å². The number of phosphoric ester groups is 2. The highest BCUT2D eigenvalue weighted by atomic mass is 31.2. The third kappa shape index (κ3) is 70.5. The summed E-state index contributed by atoms with van der Waals surface area (Å²) < 4.78 is 68.6. The van der Waals surface area contributed by atoms with Crippen LogP contribution in [0.1, 0.15) is 407 Å². The summed E-state index contributed by atoms with van der Waals surface area (Å²) >= 11 is 0. The van der Waals surface area contributed by atoms with Gasteiger partial charge in [0.2, 0.25) is 0 Å². The number of unbranched alkanes of at least 4 members (excludes halogenated alkanes) is 49. The van der Waals surface area contributed by atoms with Crippen molar-refractivity contribution in [3.8, 4) is 0 Å². The van der Waals surface area contributed by atoms with Gasteiger partial charge in [-0.25, -0.2) is 9.13 Å². The van der Waals surface area contributed by atoms with Gasteiger partial charge in [-0.1, -0.05) is 356 Å². The Balaban J connectivity index is 5.23. The third-order valence-electron chi connectivity index (χ3n) is 18.0. The fraction of sp³-hybridized carbons (Fsp3) is 0.948. The highest BCUT2D eigenvalue weighted by Crippen LogP contribution is 2.45. The first-order chi connectivity index (χ1) is 46.5. The van der Waals surface area contributed by atoms with Crippen LogP contribution >= 0.6 is 15.6 Å². The molecule has 96 heavy (non-hydrogen) atoms. The van der Waals surface area contributed by atoms with E-state index in [1.54, 1.807) is 0 Å². The molecule has 0 aromatic carbocycles. The van der Waals surface area contributed by atoms with Gasteiger partial charge in [0, 0.05) is 25.7 Å². The number of carbonyl (C=O) groups is 4. The Morgan fingerprint density at radius 3 is 0.708 bits per heavy atom. The number of aliphatic hydroxyl groups excluding tert-OH is 1. The predicted molar refractivity (Wildman–Crippen MR) is 391 cm³/mol. The van der Waals surface area contributed by atoms with Crippen LogP contribution in [-0.2, 0) is 65.4 Å². The second kappa shape index (κ2) is 70.1. The second-order valence-corrected chi connectivity index (χ2v) is 31.1. The molecule has 0 fully saturated rings. The van der Waals surface area contributed by atoms with E-state index in [1.807, 2.05) is 0 Å². The number of ether oxygens (including phenoxy) is 4. The largest absolute Gasteiger partial charge is 0.472 e. The molecule has 0 aliphatic rings. The first-order valence-electron chi connectivity index (χ1n) is 40.1. The molecule has 0 aromatic heterocycles. The van der Waals surface area contributed by atoms with Gasteiger partial charge in [-0.15, -0.1) is 0 Å². The molecule has 570 valence electrons. The molecule has 0 spiro atoms. The summed E-state index contributed by atoms with van der Waals surface area (Å²) in [7, 11) is -9.91. The Kier molecular flexibility index (Phi) is 68.7. The molecule has 0 aromatic rings. The van der Waals surface area contributed by atoms with E-state index >= 15 is 0 Å². The molecule has 0 rings (SSSR count). The Hall–Kier alpha value is -1.94. The third-order valence-corrected chi connectivity index (χ3v) is 19.9. The first-order valence-corrected chi connectivity index (χ1v) is 43.1. The zero-order valence-corrected chi connectivity index (χ0v) is 64.3. The fourth-order valence-electron chi connectivity index (χ4n) is 11.9. The number of carbonyl (C=O) groups excluding carboxylic acids is 4. The summed E-state index contributed by atoms with van der Waals surface area (Å²) in [6.45, 7) is 7.33. The lowest BCUT2D eigenvalue weighted by Gasteiger charge is -2.21. The lowest BCUT2D eigenvalue weighted by Crippen LogP contribution is -2.30. The van der Waals surface area contributed by atoms with Crippen LogP contribution in [0.2, 0.25) is 0 Å². The monoisotopic (exact) mass is 1410 g/mol. The molecule has 17 nitrogen and oxygen atoms in total. The van der Waals surface area contributed by atoms with E-state index in [2.05, 4.69) is 34.6 Å². The summed E-state index contributed by atoms with van der Waals surface area (Å²) in [6, 6.07) is 0. The molecule has 0 heterocycles. The van der Waals surface area contributed by atoms with Crippen molar-refractivity contribution in [1.82, 2.24) is 0 Å². The topological polar surface area (TPSA) is 237 Å². The van der Waals surface area contributed by atoms with Crippen molar-refractivity contribution >= 4 is 39.5 Å². The Morgan fingerprint density at radius 2 is 0.479 bits per heavy atom. The molecule has 2 unspecified atom stereocenters. The van der Waals surface area contributed by atoms with E-state index in [9.17, 15) is 43.2 Å². The summed E-state index contributed by atoms with van der Waals surface area (Å²) in [4.78, 5) is 72.8.